The molecule has 0 fully saturated rings. The molecule has 43 heavy (non-hydrogen) atoms. The molecule has 2 heterocycles. The molecule has 2 aliphatic carbocycles. The summed E-state index contributed by atoms with van der Waals surface area (Å²) in [5.41, 5.74) is 4.57. The van der Waals surface area contributed by atoms with Crippen molar-refractivity contribution in [1.29, 1.82) is 0 Å². The molecule has 6 nitrogen and oxygen atoms in total. The number of ketones is 2. The van der Waals surface area contributed by atoms with Gasteiger partial charge in [-0.25, -0.2) is 0 Å². The summed E-state index contributed by atoms with van der Waals surface area (Å²) in [7, 11) is 0. The van der Waals surface area contributed by atoms with E-state index in [2.05, 4.69) is 47.2 Å². The molecule has 6 rings (SSSR count). The van der Waals surface area contributed by atoms with Gasteiger partial charge in [-0.3, -0.25) is 9.59 Å². The third-order valence-corrected chi connectivity index (χ3v) is 8.47. The van der Waals surface area contributed by atoms with Crippen LogP contribution in [0.15, 0.2) is 107 Å². The molecule has 2 aromatic carbocycles. The van der Waals surface area contributed by atoms with Crippen LogP contribution in [0.1, 0.15) is 57.3 Å². The summed E-state index contributed by atoms with van der Waals surface area (Å²) in [6.45, 7) is 5.86. The highest BCUT2D eigenvalue weighted by atomic mass is 16.3. The summed E-state index contributed by atoms with van der Waals surface area (Å²) in [5.74, 6) is -0.828. The predicted octanol–water partition coefficient (Wildman–Crippen LogP) is 6.81. The van der Waals surface area contributed by atoms with Gasteiger partial charge in [0.05, 0.1) is 11.1 Å². The van der Waals surface area contributed by atoms with Gasteiger partial charge in [0.2, 0.25) is 22.4 Å². The molecule has 2 aliphatic rings. The maximum atomic E-state index is 13.2. The van der Waals surface area contributed by atoms with Gasteiger partial charge in [-0.1, -0.05) is 51.0 Å². The molecule has 2 N–H and O–H groups in total. The Morgan fingerprint density at radius 2 is 1.02 bits per heavy atom. The number of aromatic nitrogens is 2. The van der Waals surface area contributed by atoms with E-state index in [1.807, 2.05) is 48.5 Å². The van der Waals surface area contributed by atoms with Gasteiger partial charge in [0.1, 0.15) is 24.6 Å². The average molecular weight is 573 g/mol. The van der Waals surface area contributed by atoms with E-state index in [4.69, 9.17) is 0 Å². The van der Waals surface area contributed by atoms with Gasteiger partial charge in [0.15, 0.2) is 11.6 Å². The molecule has 0 atom stereocenters. The first-order valence-electron chi connectivity index (χ1n) is 15.1. The van der Waals surface area contributed by atoms with Crippen LogP contribution in [0.2, 0.25) is 0 Å². The smallest absolute Gasteiger partial charge is 0.212 e. The molecule has 0 aliphatic heterocycles. The molecule has 0 bridgehead atoms. The van der Waals surface area contributed by atoms with Crippen molar-refractivity contribution in [1.82, 2.24) is 0 Å². The van der Waals surface area contributed by atoms with Crippen molar-refractivity contribution >= 4 is 45.5 Å². The molecule has 0 saturated heterocycles. The molecule has 216 valence electrons. The Morgan fingerprint density at radius 3 is 1.42 bits per heavy atom. The van der Waals surface area contributed by atoms with Crippen molar-refractivity contribution in [2.45, 2.75) is 59.0 Å². The largest absolute Gasteiger partial charge is 0.507 e. The Bertz CT molecular complexity index is 1790. The van der Waals surface area contributed by atoms with Gasteiger partial charge >= 0.3 is 0 Å². The van der Waals surface area contributed by atoms with E-state index in [0.29, 0.717) is 0 Å². The lowest BCUT2D eigenvalue weighted by Gasteiger charge is -2.26. The number of aryl methyl sites for hydroxylation is 2. The van der Waals surface area contributed by atoms with Crippen LogP contribution >= 0.6 is 0 Å². The van der Waals surface area contributed by atoms with Crippen LogP contribution in [0.5, 0.6) is 0 Å². The highest BCUT2D eigenvalue weighted by Gasteiger charge is 2.41. The first kappa shape index (κ1) is 28.3. The van der Waals surface area contributed by atoms with Crippen LogP contribution in [-0.2, 0) is 22.7 Å². The van der Waals surface area contributed by atoms with E-state index >= 15 is 0 Å². The van der Waals surface area contributed by atoms with Crippen molar-refractivity contribution in [2.75, 3.05) is 0 Å². The normalized spacial score (nSPS) is 17.0. The molecule has 4 aromatic rings. The predicted molar refractivity (Wildman–Crippen MR) is 168 cm³/mol. The number of fused-ring (bicyclic) bond motifs is 2. The number of nitrogens with zero attached hydrogens (tertiary/aromatic N) is 2. The lowest BCUT2D eigenvalue weighted by Crippen LogP contribution is -2.38. The standard InChI is InChI=1S/C37H34N2O4/c1-3-5-19-38-26(17-15-24-11-7-9-13-32(24)38)21-28-34(40)30(35(28)41)23-31-36(42)29(37(31)43)22-27-18-16-25-12-8-10-14-33(25)39(27)20-6-4-2/h7-18,21-22H,3-6,19-20,23H2,1-2H3/p+2. The minimum absolute atomic E-state index is 0.0921. The van der Waals surface area contributed by atoms with Crippen molar-refractivity contribution in [3.63, 3.8) is 0 Å². The highest BCUT2D eigenvalue weighted by Crippen LogP contribution is 2.40. The maximum Gasteiger partial charge on any atom is 0.212 e. The number of rotatable bonds is 10. The number of unbranched alkanes of at least 4 members (excludes halogenated alkanes) is 2. The first-order valence-corrected chi connectivity index (χ1v) is 15.1. The molecular weight excluding hydrogens is 536 g/mol. The lowest BCUT2D eigenvalue weighted by atomic mass is 9.77. The Morgan fingerprint density at radius 1 is 0.605 bits per heavy atom. The van der Waals surface area contributed by atoms with Crippen LogP contribution in [-0.4, -0.2) is 21.8 Å². The van der Waals surface area contributed by atoms with Crippen LogP contribution in [0.4, 0.5) is 0 Å². The van der Waals surface area contributed by atoms with Gasteiger partial charge in [-0.05, 0) is 24.3 Å². The molecule has 6 heteroatoms. The third-order valence-electron chi connectivity index (χ3n) is 8.47. The average Bonchev–Trinajstić information content (AvgIpc) is 3.04. The Balaban J connectivity index is 1.29. The van der Waals surface area contributed by atoms with E-state index in [1.165, 1.54) is 0 Å². The second kappa shape index (κ2) is 11.8. The van der Waals surface area contributed by atoms with Gasteiger partial charge < -0.3 is 10.2 Å². The van der Waals surface area contributed by atoms with Crippen LogP contribution in [0.25, 0.3) is 34.0 Å². The van der Waals surface area contributed by atoms with Gasteiger partial charge in [0, 0.05) is 77.6 Å². The van der Waals surface area contributed by atoms with Gasteiger partial charge in [-0.2, -0.15) is 9.13 Å². The molecule has 0 unspecified atom stereocenters. The highest BCUT2D eigenvalue weighted by molar-refractivity contribution is 6.25. The van der Waals surface area contributed by atoms with E-state index in [-0.39, 0.29) is 51.8 Å². The number of benzene rings is 2. The molecular formula is C37H36N2O4+2. The second-order valence-electron chi connectivity index (χ2n) is 11.2. The molecule has 0 radical (unpaired) electrons. The number of carbonyl (C=O) groups excluding carboxylic acids is 2. The van der Waals surface area contributed by atoms with Gasteiger partial charge in [0.25, 0.3) is 0 Å². The zero-order chi connectivity index (χ0) is 30.1. The van der Waals surface area contributed by atoms with E-state index < -0.39 is 0 Å². The van der Waals surface area contributed by atoms with Crippen molar-refractivity contribution in [3.8, 4) is 0 Å². The molecule has 0 amide bonds. The number of aliphatic hydroxyl groups excluding tert-OH is 2. The summed E-state index contributed by atoms with van der Waals surface area (Å²) in [5, 5.41) is 24.0. The number of aliphatic hydroxyl groups is 2. The van der Waals surface area contributed by atoms with Crippen LogP contribution in [0.3, 0.4) is 0 Å². The summed E-state index contributed by atoms with van der Waals surface area (Å²) < 4.78 is 4.34. The summed E-state index contributed by atoms with van der Waals surface area (Å²) in [6.07, 6.45) is 7.38. The third kappa shape index (κ3) is 5.07. The summed E-state index contributed by atoms with van der Waals surface area (Å²) in [4.78, 5) is 26.3. The summed E-state index contributed by atoms with van der Waals surface area (Å²) in [6, 6.07) is 24.2. The number of allylic oxidation sites excluding steroid dienone is 4. The Hall–Kier alpha value is -4.84. The van der Waals surface area contributed by atoms with Crippen LogP contribution in [0, 0.1) is 0 Å². The lowest BCUT2D eigenvalue weighted by molar-refractivity contribution is -0.673. The Labute approximate surface area is 251 Å². The zero-order valence-corrected chi connectivity index (χ0v) is 24.6. The van der Waals surface area contributed by atoms with E-state index in [9.17, 15) is 19.8 Å². The number of Topliss-reactive ketones (excluding diaryl/α,β-unsaturated/α-hetero) is 2. The fourth-order valence-corrected chi connectivity index (χ4v) is 5.96. The fraction of sp³-hybridized carbons (Fsp3) is 0.243. The monoisotopic (exact) mass is 572 g/mol. The zero-order valence-electron chi connectivity index (χ0n) is 24.6. The molecule has 0 spiro atoms. The topological polar surface area (TPSA) is 82.4 Å². The summed E-state index contributed by atoms with van der Waals surface area (Å²) >= 11 is 0. The quantitative estimate of drug-likeness (QED) is 0.162. The van der Waals surface area contributed by atoms with Crippen molar-refractivity contribution in [2.24, 2.45) is 0 Å². The van der Waals surface area contributed by atoms with Crippen molar-refractivity contribution in [3.05, 3.63) is 118 Å². The van der Waals surface area contributed by atoms with E-state index in [1.54, 1.807) is 12.2 Å². The maximum absolute atomic E-state index is 13.2. The minimum atomic E-state index is -0.301. The number of hydrogen-bond donors (Lipinski definition) is 2. The fourth-order valence-electron chi connectivity index (χ4n) is 5.96. The number of pyridine rings is 2. The number of hydrogen-bond acceptors (Lipinski definition) is 4. The second-order valence-corrected chi connectivity index (χ2v) is 11.2. The molecule has 2 aromatic heterocycles. The van der Waals surface area contributed by atoms with E-state index in [0.717, 1.165) is 72.0 Å². The van der Waals surface area contributed by atoms with Crippen molar-refractivity contribution < 1.29 is 28.9 Å². The molecule has 0 saturated carbocycles. The number of para-hydroxylation sites is 2. The number of carbonyl (C=O) groups is 2. The Kier molecular flexibility index (Phi) is 7.76. The minimum Gasteiger partial charge on any atom is -0.507 e. The first-order chi connectivity index (χ1) is 20.9. The SMILES string of the molecule is CCCC[n+]1c(C=C2C(=O)C(CC3=C(O)C(=Cc4ccc5ccccc5[n+]4CCCC)C3=O)=C2O)ccc2ccccc21. The van der Waals surface area contributed by atoms with Gasteiger partial charge in [-0.15, -0.1) is 0 Å². The van der Waals surface area contributed by atoms with Crippen LogP contribution < -0.4 is 9.13 Å².